The minimum atomic E-state index is -1.41. The molecule has 0 aliphatic heterocycles. The molecule has 3 nitrogen and oxygen atoms in total. The lowest BCUT2D eigenvalue weighted by atomic mass is 9.92. The number of hydrogen-bond donors (Lipinski definition) is 3. The lowest BCUT2D eigenvalue weighted by Crippen LogP contribution is -2.05. The van der Waals surface area contributed by atoms with Crippen molar-refractivity contribution in [3.63, 3.8) is 0 Å². The van der Waals surface area contributed by atoms with Crippen molar-refractivity contribution < 1.29 is 15.2 Å². The van der Waals surface area contributed by atoms with E-state index in [2.05, 4.69) is 0 Å². The highest BCUT2D eigenvalue weighted by molar-refractivity contribution is 6.47. The first-order chi connectivity index (χ1) is 4.66. The van der Waals surface area contributed by atoms with E-state index in [-0.39, 0.29) is 6.61 Å². The van der Waals surface area contributed by atoms with Gasteiger partial charge in [0.05, 0.1) is 6.61 Å². The molecule has 0 saturated heterocycles. The van der Waals surface area contributed by atoms with Crippen LogP contribution in [-0.4, -0.2) is 28.9 Å². The van der Waals surface area contributed by atoms with Crippen LogP contribution in [0.2, 0.25) is 0 Å². The van der Waals surface area contributed by atoms with E-state index in [1.165, 1.54) is 12.1 Å². The maximum atomic E-state index is 8.47. The van der Waals surface area contributed by atoms with Gasteiger partial charge in [0.1, 0.15) is 0 Å². The monoisotopic (exact) mass is 142 g/mol. The Hall–Kier alpha value is -0.575. The fourth-order valence-corrected chi connectivity index (χ4v) is 0.372. The van der Waals surface area contributed by atoms with E-state index in [1.807, 2.05) is 0 Å². The Balaban J connectivity index is 3.70. The molecule has 4 heteroatoms. The lowest BCUT2D eigenvalue weighted by molar-refractivity contribution is 0.331. The summed E-state index contributed by atoms with van der Waals surface area (Å²) in [6.45, 7) is 1.74. The summed E-state index contributed by atoms with van der Waals surface area (Å²) in [7, 11) is -1.41. The maximum absolute atomic E-state index is 8.47. The first-order valence-electron chi connectivity index (χ1n) is 2.97. The smallest absolute Gasteiger partial charge is 0.424 e. The maximum Gasteiger partial charge on any atom is 0.480 e. The number of rotatable bonds is 3. The van der Waals surface area contributed by atoms with Crippen LogP contribution in [0.3, 0.4) is 0 Å². The second-order valence-corrected chi connectivity index (χ2v) is 1.97. The fraction of sp³-hybridized carbons (Fsp3) is 0.333. The van der Waals surface area contributed by atoms with Crippen LogP contribution in [0.1, 0.15) is 6.92 Å². The van der Waals surface area contributed by atoms with Gasteiger partial charge in [-0.3, -0.25) is 0 Å². The summed E-state index contributed by atoms with van der Waals surface area (Å²) in [5.74, 6) is 1.21. The molecule has 0 aromatic carbocycles. The van der Waals surface area contributed by atoms with Gasteiger partial charge in [-0.25, -0.2) is 0 Å². The van der Waals surface area contributed by atoms with Gasteiger partial charge in [0.15, 0.2) is 0 Å². The highest BCUT2D eigenvalue weighted by Crippen LogP contribution is 1.89. The van der Waals surface area contributed by atoms with Crippen molar-refractivity contribution in [2.45, 2.75) is 6.92 Å². The highest BCUT2D eigenvalue weighted by Gasteiger charge is 1.95. The minimum Gasteiger partial charge on any atom is -0.424 e. The first kappa shape index (κ1) is 9.42. The van der Waals surface area contributed by atoms with Crippen molar-refractivity contribution in [3.8, 4) is 0 Å². The summed E-state index contributed by atoms with van der Waals surface area (Å²) in [5.41, 5.74) is 0.775. The average molecular weight is 142 g/mol. The molecule has 3 N–H and O–H groups in total. The van der Waals surface area contributed by atoms with Crippen LogP contribution >= 0.6 is 0 Å². The van der Waals surface area contributed by atoms with Crippen molar-refractivity contribution >= 4 is 7.12 Å². The SMILES string of the molecule is C/C(=C\C=C\B(O)O)CO. The molecule has 0 aliphatic carbocycles. The summed E-state index contributed by atoms with van der Waals surface area (Å²) < 4.78 is 0. The second-order valence-electron chi connectivity index (χ2n) is 1.97. The normalized spacial score (nSPS) is 12.6. The molecule has 0 bridgehead atoms. The van der Waals surface area contributed by atoms with Gasteiger partial charge < -0.3 is 15.2 Å². The molecule has 0 spiro atoms. The Bertz CT molecular complexity index is 140. The van der Waals surface area contributed by atoms with Crippen LogP contribution in [0.4, 0.5) is 0 Å². The molecule has 0 rings (SSSR count). The molecule has 0 aliphatic rings. The third-order valence-corrected chi connectivity index (χ3v) is 0.913. The molecule has 0 radical (unpaired) electrons. The molecule has 0 amide bonds. The van der Waals surface area contributed by atoms with Gasteiger partial charge in [0, 0.05) is 0 Å². The van der Waals surface area contributed by atoms with E-state index >= 15 is 0 Å². The Morgan fingerprint density at radius 2 is 2.10 bits per heavy atom. The zero-order valence-corrected chi connectivity index (χ0v) is 5.86. The number of allylic oxidation sites excluding steroid dienone is 2. The second kappa shape index (κ2) is 5.23. The molecular weight excluding hydrogens is 131 g/mol. The van der Waals surface area contributed by atoms with Crippen LogP contribution in [0.25, 0.3) is 0 Å². The van der Waals surface area contributed by atoms with Crippen molar-refractivity contribution in [2.75, 3.05) is 6.61 Å². The summed E-state index contributed by atoms with van der Waals surface area (Å²) in [5, 5.41) is 25.1. The topological polar surface area (TPSA) is 60.7 Å². The quantitative estimate of drug-likeness (QED) is 0.367. The molecule has 0 atom stereocenters. The Morgan fingerprint density at radius 3 is 2.50 bits per heavy atom. The van der Waals surface area contributed by atoms with Gasteiger partial charge >= 0.3 is 7.12 Å². The molecule has 56 valence electrons. The highest BCUT2D eigenvalue weighted by atomic mass is 16.4. The minimum absolute atomic E-state index is 0.00807. The summed E-state index contributed by atoms with van der Waals surface area (Å²) in [6.07, 6.45) is 3.09. The number of aliphatic hydroxyl groups is 1. The third-order valence-electron chi connectivity index (χ3n) is 0.913. The molecule has 0 saturated carbocycles. The largest absolute Gasteiger partial charge is 0.480 e. The van der Waals surface area contributed by atoms with Crippen LogP contribution in [0.5, 0.6) is 0 Å². The van der Waals surface area contributed by atoms with E-state index in [0.29, 0.717) is 0 Å². The average Bonchev–Trinajstić information content (AvgIpc) is 1.87. The van der Waals surface area contributed by atoms with Crippen molar-refractivity contribution in [3.05, 3.63) is 23.7 Å². The molecule has 0 unspecified atom stereocenters. The van der Waals surface area contributed by atoms with E-state index in [1.54, 1.807) is 13.0 Å². The summed E-state index contributed by atoms with van der Waals surface area (Å²) in [6, 6.07) is 0. The van der Waals surface area contributed by atoms with Crippen LogP contribution in [0.15, 0.2) is 23.7 Å². The van der Waals surface area contributed by atoms with Crippen molar-refractivity contribution in [1.29, 1.82) is 0 Å². The van der Waals surface area contributed by atoms with Crippen LogP contribution in [0, 0.1) is 0 Å². The summed E-state index contributed by atoms with van der Waals surface area (Å²) >= 11 is 0. The van der Waals surface area contributed by atoms with E-state index < -0.39 is 7.12 Å². The van der Waals surface area contributed by atoms with E-state index in [9.17, 15) is 0 Å². The van der Waals surface area contributed by atoms with Crippen LogP contribution in [-0.2, 0) is 0 Å². The van der Waals surface area contributed by atoms with Gasteiger partial charge in [-0.1, -0.05) is 18.1 Å². The predicted molar refractivity (Wildman–Crippen MR) is 40.2 cm³/mol. The van der Waals surface area contributed by atoms with Gasteiger partial charge in [-0.15, -0.1) is 0 Å². The molecule has 0 aromatic heterocycles. The molecule has 0 aromatic rings. The van der Waals surface area contributed by atoms with Gasteiger partial charge in [0.25, 0.3) is 0 Å². The van der Waals surface area contributed by atoms with Gasteiger partial charge in [0.2, 0.25) is 0 Å². The predicted octanol–water partition coefficient (Wildman–Crippen LogP) is -0.507. The van der Waals surface area contributed by atoms with E-state index in [0.717, 1.165) is 5.57 Å². The van der Waals surface area contributed by atoms with Crippen molar-refractivity contribution in [2.24, 2.45) is 0 Å². The zero-order valence-electron chi connectivity index (χ0n) is 5.86. The Morgan fingerprint density at radius 1 is 1.50 bits per heavy atom. The van der Waals surface area contributed by atoms with Gasteiger partial charge in [-0.2, -0.15) is 0 Å². The molecular formula is C6H11BO3. The number of aliphatic hydroxyl groups excluding tert-OH is 1. The number of hydrogen-bond acceptors (Lipinski definition) is 3. The Labute approximate surface area is 60.5 Å². The third kappa shape index (κ3) is 5.56. The lowest BCUT2D eigenvalue weighted by Gasteiger charge is -1.88. The molecule has 0 heterocycles. The standard InChI is InChI=1S/C6H11BO3/c1-6(5-8)3-2-4-7(9)10/h2-4,8-10H,5H2,1H3/b4-2+,6-3+. The first-order valence-corrected chi connectivity index (χ1v) is 2.97. The van der Waals surface area contributed by atoms with Crippen LogP contribution < -0.4 is 0 Å². The molecule has 0 fully saturated rings. The van der Waals surface area contributed by atoms with E-state index in [4.69, 9.17) is 15.2 Å². The Kier molecular flexibility index (Phi) is 4.93. The summed E-state index contributed by atoms with van der Waals surface area (Å²) in [4.78, 5) is 0. The van der Waals surface area contributed by atoms with Crippen molar-refractivity contribution in [1.82, 2.24) is 0 Å². The fourth-order valence-electron chi connectivity index (χ4n) is 0.372. The zero-order chi connectivity index (χ0) is 7.98. The van der Waals surface area contributed by atoms with Gasteiger partial charge in [-0.05, 0) is 12.5 Å². The molecule has 10 heavy (non-hydrogen) atoms.